The van der Waals surface area contributed by atoms with Gasteiger partial charge in [0, 0.05) is 43.4 Å². The van der Waals surface area contributed by atoms with Crippen LogP contribution in [-0.2, 0) is 0 Å². The fourth-order valence-corrected chi connectivity index (χ4v) is 9.08. The Morgan fingerprint density at radius 2 is 1.31 bits per heavy atom. The van der Waals surface area contributed by atoms with Crippen LogP contribution in [0.3, 0.4) is 0 Å². The zero-order valence-electron chi connectivity index (χ0n) is 29.3. The Kier molecular flexibility index (Phi) is 5.79. The molecule has 5 aromatic heterocycles. The number of rotatable bonds is 4. The first-order chi connectivity index (χ1) is 26.7. The van der Waals surface area contributed by atoms with Gasteiger partial charge in [-0.15, -0.1) is 0 Å². The number of aromatic nitrogens is 4. The van der Waals surface area contributed by atoms with Crippen LogP contribution in [0.5, 0.6) is 0 Å². The van der Waals surface area contributed by atoms with Crippen LogP contribution in [0.1, 0.15) is 11.1 Å². The molecular weight excluding hydrogens is 661 g/mol. The standard InChI is InChI=1S/C49H30N4O/c1-3-29-14-6-7-17-33(29)44-28(2)37-27-38-34-18-8-11-21-39(34)53(46(38)42-35-19-9-12-22-40(35)52(44)45(37)42)48-43-36-20-10-13-23-41(36)54-49(43)51-47(50-48)32-25-24-30-15-4-5-16-31(30)26-32/h3-27H,1H2,2H3. The zero-order valence-corrected chi connectivity index (χ0v) is 29.3. The Morgan fingerprint density at radius 1 is 0.593 bits per heavy atom. The minimum Gasteiger partial charge on any atom is -0.437 e. The van der Waals surface area contributed by atoms with Crippen LogP contribution in [0.4, 0.5) is 0 Å². The quantitative estimate of drug-likeness (QED) is 0.185. The third kappa shape index (κ3) is 3.77. The van der Waals surface area contributed by atoms with Gasteiger partial charge in [-0.25, -0.2) is 4.98 Å². The number of aryl methyl sites for hydroxylation is 1. The molecule has 5 heteroatoms. The van der Waals surface area contributed by atoms with Crippen molar-refractivity contribution in [3.63, 3.8) is 0 Å². The second-order valence-corrected chi connectivity index (χ2v) is 14.2. The van der Waals surface area contributed by atoms with E-state index in [-0.39, 0.29) is 0 Å². The van der Waals surface area contributed by atoms with Crippen molar-refractivity contribution in [1.29, 1.82) is 0 Å². The van der Waals surface area contributed by atoms with E-state index in [2.05, 4.69) is 156 Å². The van der Waals surface area contributed by atoms with E-state index >= 15 is 0 Å². The van der Waals surface area contributed by atoms with E-state index in [1.54, 1.807) is 0 Å². The second-order valence-electron chi connectivity index (χ2n) is 14.2. The molecule has 0 aliphatic heterocycles. The Bertz CT molecular complexity index is 3540. The van der Waals surface area contributed by atoms with Crippen molar-refractivity contribution in [2.75, 3.05) is 0 Å². The largest absolute Gasteiger partial charge is 0.437 e. The lowest BCUT2D eigenvalue weighted by Crippen LogP contribution is -2.02. The molecule has 0 radical (unpaired) electrons. The zero-order chi connectivity index (χ0) is 35.7. The summed E-state index contributed by atoms with van der Waals surface area (Å²) in [5, 5.41) is 10.2. The Morgan fingerprint density at radius 3 is 2.19 bits per heavy atom. The van der Waals surface area contributed by atoms with Gasteiger partial charge in [-0.3, -0.25) is 4.57 Å². The third-order valence-electron chi connectivity index (χ3n) is 11.4. The number of fused-ring (bicyclic) bond motifs is 11. The first kappa shape index (κ1) is 29.3. The Labute approximate surface area is 309 Å². The maximum absolute atomic E-state index is 6.57. The molecule has 0 amide bonds. The highest BCUT2D eigenvalue weighted by molar-refractivity contribution is 6.31. The molecule has 0 bridgehead atoms. The summed E-state index contributed by atoms with van der Waals surface area (Å²) in [6.07, 6.45) is 1.96. The smallest absolute Gasteiger partial charge is 0.233 e. The molecule has 0 atom stereocenters. The summed E-state index contributed by atoms with van der Waals surface area (Å²) in [6, 6.07) is 51.5. The van der Waals surface area contributed by atoms with Crippen molar-refractivity contribution >= 4 is 87.9 Å². The highest BCUT2D eigenvalue weighted by atomic mass is 16.3. The number of para-hydroxylation sites is 3. The Hall–Kier alpha value is -7.24. The average molecular weight is 691 g/mol. The highest BCUT2D eigenvalue weighted by Crippen LogP contribution is 2.48. The van der Waals surface area contributed by atoms with Crippen LogP contribution in [0.15, 0.2) is 157 Å². The molecule has 5 heterocycles. The van der Waals surface area contributed by atoms with E-state index in [4.69, 9.17) is 14.4 Å². The fraction of sp³-hybridized carbons (Fsp3) is 0.0204. The summed E-state index contributed by atoms with van der Waals surface area (Å²) in [5.74, 6) is 1.42. The number of furan rings is 1. The molecule has 0 spiro atoms. The van der Waals surface area contributed by atoms with Crippen molar-refractivity contribution in [2.45, 2.75) is 6.92 Å². The molecule has 7 aromatic carbocycles. The first-order valence-electron chi connectivity index (χ1n) is 18.3. The second kappa shape index (κ2) is 10.7. The maximum Gasteiger partial charge on any atom is 0.233 e. The lowest BCUT2D eigenvalue weighted by Gasteiger charge is -2.12. The van der Waals surface area contributed by atoms with Gasteiger partial charge in [0.2, 0.25) is 5.71 Å². The highest BCUT2D eigenvalue weighted by Gasteiger charge is 2.28. The summed E-state index contributed by atoms with van der Waals surface area (Å²) in [7, 11) is 0. The number of hydrogen-bond acceptors (Lipinski definition) is 3. The van der Waals surface area contributed by atoms with Gasteiger partial charge in [0.15, 0.2) is 11.6 Å². The molecule has 252 valence electrons. The SMILES string of the molecule is C=Cc1ccccc1-c1c(C)c2cc3c4ccccc4n(-c4nc(-c5ccc6ccccc6c5)nc5oc6ccccc6c45)c3c3c4ccccc4n1c23. The molecule has 0 aliphatic carbocycles. The third-order valence-corrected chi connectivity index (χ3v) is 11.4. The van der Waals surface area contributed by atoms with Gasteiger partial charge in [-0.05, 0) is 59.2 Å². The van der Waals surface area contributed by atoms with Crippen molar-refractivity contribution in [2.24, 2.45) is 0 Å². The lowest BCUT2D eigenvalue weighted by molar-refractivity contribution is 0.653. The van der Waals surface area contributed by atoms with Gasteiger partial charge in [-0.2, -0.15) is 4.98 Å². The predicted octanol–water partition coefficient (Wildman–Crippen LogP) is 12.9. The molecule has 0 saturated heterocycles. The summed E-state index contributed by atoms with van der Waals surface area (Å²) >= 11 is 0. The minimum absolute atomic E-state index is 0.565. The van der Waals surface area contributed by atoms with E-state index in [0.717, 1.165) is 49.7 Å². The van der Waals surface area contributed by atoms with Gasteiger partial charge in [0.1, 0.15) is 5.58 Å². The molecule has 54 heavy (non-hydrogen) atoms. The van der Waals surface area contributed by atoms with E-state index in [9.17, 15) is 0 Å². The van der Waals surface area contributed by atoms with E-state index in [0.29, 0.717) is 11.5 Å². The van der Waals surface area contributed by atoms with Crippen LogP contribution in [0.25, 0.3) is 116 Å². The number of benzene rings is 7. The average Bonchev–Trinajstić information content (AvgIpc) is 3.95. The van der Waals surface area contributed by atoms with Crippen molar-refractivity contribution in [3.05, 3.63) is 163 Å². The summed E-state index contributed by atoms with van der Waals surface area (Å²) in [6.45, 7) is 6.44. The molecule has 0 saturated carbocycles. The van der Waals surface area contributed by atoms with Gasteiger partial charge < -0.3 is 8.82 Å². The first-order valence-corrected chi connectivity index (χ1v) is 18.3. The van der Waals surface area contributed by atoms with Crippen molar-refractivity contribution < 1.29 is 4.42 Å². The predicted molar refractivity (Wildman–Crippen MR) is 224 cm³/mol. The Balaban J connectivity index is 1.29. The van der Waals surface area contributed by atoms with Crippen LogP contribution < -0.4 is 0 Å². The van der Waals surface area contributed by atoms with Gasteiger partial charge >= 0.3 is 0 Å². The number of nitrogens with zero attached hydrogens (tertiary/aromatic N) is 4. The summed E-state index contributed by atoms with van der Waals surface area (Å²) in [5.41, 5.74) is 11.6. The van der Waals surface area contributed by atoms with Crippen molar-refractivity contribution in [1.82, 2.24) is 18.9 Å². The number of hydrogen-bond donors (Lipinski definition) is 0. The van der Waals surface area contributed by atoms with Crippen molar-refractivity contribution in [3.8, 4) is 28.5 Å². The molecule has 0 fully saturated rings. The van der Waals surface area contributed by atoms with Crippen LogP contribution in [-0.4, -0.2) is 18.9 Å². The summed E-state index contributed by atoms with van der Waals surface area (Å²) in [4.78, 5) is 10.7. The molecule has 0 aliphatic rings. The fourth-order valence-electron chi connectivity index (χ4n) is 9.08. The molecule has 12 rings (SSSR count). The monoisotopic (exact) mass is 690 g/mol. The van der Waals surface area contributed by atoms with E-state index < -0.39 is 0 Å². The van der Waals surface area contributed by atoms with Crippen LogP contribution >= 0.6 is 0 Å². The van der Waals surface area contributed by atoms with Gasteiger partial charge in [0.05, 0.1) is 33.1 Å². The summed E-state index contributed by atoms with van der Waals surface area (Å²) < 4.78 is 11.4. The normalized spacial score (nSPS) is 12.2. The minimum atomic E-state index is 0.565. The molecule has 5 nitrogen and oxygen atoms in total. The van der Waals surface area contributed by atoms with Gasteiger partial charge in [-0.1, -0.05) is 128 Å². The van der Waals surface area contributed by atoms with Crippen LogP contribution in [0, 0.1) is 6.92 Å². The molecular formula is C49H30N4O. The maximum atomic E-state index is 6.57. The lowest BCUT2D eigenvalue weighted by atomic mass is 9.99. The molecule has 12 aromatic rings. The topological polar surface area (TPSA) is 48.3 Å². The molecule has 0 unspecified atom stereocenters. The van der Waals surface area contributed by atoms with E-state index in [1.807, 2.05) is 18.2 Å². The van der Waals surface area contributed by atoms with E-state index in [1.165, 1.54) is 60.2 Å². The molecule has 0 N–H and O–H groups in total. The van der Waals surface area contributed by atoms with Crippen LogP contribution in [0.2, 0.25) is 0 Å². The van der Waals surface area contributed by atoms with Gasteiger partial charge in [0.25, 0.3) is 0 Å².